The zero-order valence-electron chi connectivity index (χ0n) is 9.76. The topological polar surface area (TPSA) is 65.3 Å². The first kappa shape index (κ1) is 13.6. The third-order valence-corrected chi connectivity index (χ3v) is 2.85. The molecule has 2 rings (SSSR count). The van der Waals surface area contributed by atoms with Gasteiger partial charge in [-0.15, -0.1) is 0 Å². The van der Waals surface area contributed by atoms with Crippen LogP contribution in [0.4, 0.5) is 5.69 Å². The van der Waals surface area contributed by atoms with Gasteiger partial charge in [0.05, 0.1) is 12.0 Å². The van der Waals surface area contributed by atoms with Crippen molar-refractivity contribution < 1.29 is 9.66 Å². The average Bonchev–Trinajstić information content (AvgIpc) is 2.36. The van der Waals surface area contributed by atoms with E-state index in [4.69, 9.17) is 27.9 Å². The fraction of sp³-hybridized carbons (Fsp3) is 0.0833. The van der Waals surface area contributed by atoms with Crippen molar-refractivity contribution in [2.45, 2.75) is 0 Å². The van der Waals surface area contributed by atoms with Crippen LogP contribution in [0.3, 0.4) is 0 Å². The molecular weight excluding hydrogens is 291 g/mol. The lowest BCUT2D eigenvalue weighted by molar-refractivity contribution is -0.386. The quantitative estimate of drug-likeness (QED) is 0.635. The number of hydrogen-bond donors (Lipinski definition) is 0. The molecule has 0 N–H and O–H groups in total. The first-order valence-electron chi connectivity index (χ1n) is 5.16. The molecule has 7 heteroatoms. The molecule has 0 aliphatic heterocycles. The molecule has 0 saturated heterocycles. The van der Waals surface area contributed by atoms with Crippen molar-refractivity contribution in [3.05, 3.63) is 50.6 Å². The molecule has 0 spiro atoms. The third-order valence-electron chi connectivity index (χ3n) is 2.42. The number of rotatable bonds is 3. The summed E-state index contributed by atoms with van der Waals surface area (Å²) in [6.45, 7) is 0. The minimum Gasteiger partial charge on any atom is -0.476 e. The first-order valence-corrected chi connectivity index (χ1v) is 5.91. The first-order chi connectivity index (χ1) is 9.01. The van der Waals surface area contributed by atoms with E-state index in [-0.39, 0.29) is 11.6 Å². The van der Waals surface area contributed by atoms with E-state index in [1.165, 1.54) is 19.4 Å². The van der Waals surface area contributed by atoms with Gasteiger partial charge >= 0.3 is 5.69 Å². The van der Waals surface area contributed by atoms with Gasteiger partial charge in [0, 0.05) is 27.9 Å². The summed E-state index contributed by atoms with van der Waals surface area (Å²) in [7, 11) is 1.32. The molecule has 1 aromatic heterocycles. The van der Waals surface area contributed by atoms with Crippen LogP contribution < -0.4 is 4.74 Å². The molecule has 1 aromatic carbocycles. The Balaban J connectivity index is 2.57. The van der Waals surface area contributed by atoms with Crippen molar-refractivity contribution in [1.29, 1.82) is 0 Å². The maximum Gasteiger partial charge on any atom is 0.331 e. The number of nitrogens with zero attached hydrogens (tertiary/aromatic N) is 2. The fourth-order valence-electron chi connectivity index (χ4n) is 1.61. The summed E-state index contributed by atoms with van der Waals surface area (Å²) < 4.78 is 4.84. The van der Waals surface area contributed by atoms with Crippen molar-refractivity contribution in [2.75, 3.05) is 7.11 Å². The lowest BCUT2D eigenvalue weighted by atomic mass is 10.1. The molecule has 5 nitrogen and oxygen atoms in total. The number of halogens is 2. The number of benzene rings is 1. The Morgan fingerprint density at radius 1 is 1.16 bits per heavy atom. The smallest absolute Gasteiger partial charge is 0.331 e. The van der Waals surface area contributed by atoms with E-state index in [9.17, 15) is 10.1 Å². The van der Waals surface area contributed by atoms with Crippen LogP contribution in [0.2, 0.25) is 10.0 Å². The molecule has 98 valence electrons. The van der Waals surface area contributed by atoms with Gasteiger partial charge in [-0.2, -0.15) is 0 Å². The van der Waals surface area contributed by atoms with Crippen molar-refractivity contribution in [1.82, 2.24) is 4.98 Å². The average molecular weight is 299 g/mol. The largest absolute Gasteiger partial charge is 0.476 e. The Hall–Kier alpha value is -1.85. The molecule has 0 atom stereocenters. The highest BCUT2D eigenvalue weighted by Crippen LogP contribution is 2.32. The summed E-state index contributed by atoms with van der Waals surface area (Å²) >= 11 is 11.8. The van der Waals surface area contributed by atoms with E-state index >= 15 is 0 Å². The van der Waals surface area contributed by atoms with Crippen LogP contribution in [0.5, 0.6) is 5.88 Å². The Morgan fingerprint density at radius 3 is 2.32 bits per heavy atom. The van der Waals surface area contributed by atoms with E-state index < -0.39 is 4.92 Å². The highest BCUT2D eigenvalue weighted by Gasteiger charge is 2.17. The number of ether oxygens (including phenoxy) is 1. The SMILES string of the molecule is COc1ncc(-c2cc(Cl)cc(Cl)c2)cc1[N+](=O)[O-]. The molecule has 2 aromatic rings. The molecule has 0 unspecified atom stereocenters. The standard InChI is InChI=1S/C12H8Cl2N2O3/c1-19-12-11(16(17)18)4-8(6-15-12)7-2-9(13)5-10(14)3-7/h2-6H,1H3. The molecule has 0 aliphatic carbocycles. The molecule has 0 amide bonds. The molecule has 0 fully saturated rings. The van der Waals surface area contributed by atoms with Gasteiger partial charge in [-0.3, -0.25) is 10.1 Å². The highest BCUT2D eigenvalue weighted by atomic mass is 35.5. The van der Waals surface area contributed by atoms with Crippen LogP contribution in [-0.2, 0) is 0 Å². The predicted octanol–water partition coefficient (Wildman–Crippen LogP) is 3.97. The Morgan fingerprint density at radius 2 is 1.79 bits per heavy atom. The Kier molecular flexibility index (Phi) is 3.87. The van der Waals surface area contributed by atoms with Crippen LogP contribution >= 0.6 is 23.2 Å². The highest BCUT2D eigenvalue weighted by molar-refractivity contribution is 6.35. The van der Waals surface area contributed by atoms with Gasteiger partial charge in [-0.05, 0) is 23.8 Å². The third kappa shape index (κ3) is 2.94. The second-order valence-electron chi connectivity index (χ2n) is 3.67. The van der Waals surface area contributed by atoms with Gasteiger partial charge in [-0.1, -0.05) is 23.2 Å². The summed E-state index contributed by atoms with van der Waals surface area (Å²) in [5, 5.41) is 11.8. The Bertz CT molecular complexity index is 627. The van der Waals surface area contributed by atoms with Crippen LogP contribution in [-0.4, -0.2) is 17.0 Å². The van der Waals surface area contributed by atoms with Crippen LogP contribution in [0.1, 0.15) is 0 Å². The van der Waals surface area contributed by atoms with E-state index in [0.29, 0.717) is 21.2 Å². The van der Waals surface area contributed by atoms with Crippen molar-refractivity contribution in [2.24, 2.45) is 0 Å². The van der Waals surface area contributed by atoms with Gasteiger partial charge in [-0.25, -0.2) is 4.98 Å². The van der Waals surface area contributed by atoms with Crippen molar-refractivity contribution in [3.63, 3.8) is 0 Å². The van der Waals surface area contributed by atoms with E-state index in [1.807, 2.05) is 0 Å². The lowest BCUT2D eigenvalue weighted by Gasteiger charge is -2.05. The molecule has 0 aliphatic rings. The van der Waals surface area contributed by atoms with E-state index in [2.05, 4.69) is 4.98 Å². The normalized spacial score (nSPS) is 10.3. The molecule has 0 bridgehead atoms. The molecule has 19 heavy (non-hydrogen) atoms. The minimum absolute atomic E-state index is 0.0399. The monoisotopic (exact) mass is 298 g/mol. The lowest BCUT2D eigenvalue weighted by Crippen LogP contribution is -1.96. The van der Waals surface area contributed by atoms with Crippen LogP contribution in [0.15, 0.2) is 30.5 Å². The summed E-state index contributed by atoms with van der Waals surface area (Å²) in [4.78, 5) is 14.3. The number of methoxy groups -OCH3 is 1. The van der Waals surface area contributed by atoms with Crippen molar-refractivity contribution in [3.8, 4) is 17.0 Å². The van der Waals surface area contributed by atoms with Crippen LogP contribution in [0.25, 0.3) is 11.1 Å². The number of nitro groups is 1. The summed E-state index contributed by atoms with van der Waals surface area (Å²) in [6, 6.07) is 6.26. The number of pyridine rings is 1. The second kappa shape index (κ2) is 5.42. The Labute approximate surface area is 118 Å². The second-order valence-corrected chi connectivity index (χ2v) is 4.54. The van der Waals surface area contributed by atoms with Gasteiger partial charge < -0.3 is 4.74 Å². The van der Waals surface area contributed by atoms with E-state index in [1.54, 1.807) is 18.2 Å². The number of aromatic nitrogens is 1. The van der Waals surface area contributed by atoms with Gasteiger partial charge in [0.25, 0.3) is 5.88 Å². The van der Waals surface area contributed by atoms with E-state index in [0.717, 1.165) is 0 Å². The molecule has 0 radical (unpaired) electrons. The summed E-state index contributed by atoms with van der Waals surface area (Å²) in [5.41, 5.74) is 0.976. The summed E-state index contributed by atoms with van der Waals surface area (Å²) in [6.07, 6.45) is 1.47. The fourth-order valence-corrected chi connectivity index (χ4v) is 2.13. The summed E-state index contributed by atoms with van der Waals surface area (Å²) in [5.74, 6) is -0.0399. The van der Waals surface area contributed by atoms with Gasteiger partial charge in [0.2, 0.25) is 0 Å². The maximum atomic E-state index is 10.9. The minimum atomic E-state index is -0.554. The predicted molar refractivity (Wildman–Crippen MR) is 72.9 cm³/mol. The zero-order chi connectivity index (χ0) is 14.0. The maximum absolute atomic E-state index is 10.9. The van der Waals surface area contributed by atoms with Crippen molar-refractivity contribution >= 4 is 28.9 Å². The molecular formula is C12H8Cl2N2O3. The number of hydrogen-bond acceptors (Lipinski definition) is 4. The van der Waals surface area contributed by atoms with Crippen LogP contribution in [0, 0.1) is 10.1 Å². The molecule has 0 saturated carbocycles. The van der Waals surface area contributed by atoms with Gasteiger partial charge in [0.1, 0.15) is 0 Å². The van der Waals surface area contributed by atoms with Gasteiger partial charge in [0.15, 0.2) is 0 Å². The zero-order valence-corrected chi connectivity index (χ0v) is 11.3. The molecule has 1 heterocycles.